The second-order valence-corrected chi connectivity index (χ2v) is 25.8. The van der Waals surface area contributed by atoms with Crippen molar-refractivity contribution in [3.8, 4) is 28.3 Å². The third kappa shape index (κ3) is 7.86. The van der Waals surface area contributed by atoms with Gasteiger partial charge in [0.1, 0.15) is 0 Å². The number of fused-ring (bicyclic) bond motifs is 4. The second kappa shape index (κ2) is 15.7. The average Bonchev–Trinajstić information content (AvgIpc) is 3.69. The summed E-state index contributed by atoms with van der Waals surface area (Å²) in [5.74, 6) is 7.70. The van der Waals surface area contributed by atoms with E-state index < -0.39 is 25.9 Å². The zero-order valence-electron chi connectivity index (χ0n) is 34.9. The van der Waals surface area contributed by atoms with Gasteiger partial charge in [-0.1, -0.05) is 47.3 Å². The third-order valence-electron chi connectivity index (χ3n) is 9.42. The van der Waals surface area contributed by atoms with Crippen molar-refractivity contribution in [3.05, 3.63) is 137 Å². The summed E-state index contributed by atoms with van der Waals surface area (Å²) in [7, 11) is 0. The third-order valence-corrected chi connectivity index (χ3v) is 13.8. The Morgan fingerprint density at radius 2 is 1.65 bits per heavy atom. The summed E-state index contributed by atoms with van der Waals surface area (Å²) in [6, 6.07) is 31.2. The van der Waals surface area contributed by atoms with E-state index in [0.29, 0.717) is 17.3 Å². The quantitative estimate of drug-likeness (QED) is 0.123. The molecule has 8 aromatic rings. The maximum Gasteiger partial charge on any atom is 0 e. The number of aryl methyl sites for hydroxylation is 4. The van der Waals surface area contributed by atoms with Crippen LogP contribution in [0.4, 0.5) is 4.39 Å². The van der Waals surface area contributed by atoms with Crippen molar-refractivity contribution in [3.63, 3.8) is 0 Å². The Morgan fingerprint density at radius 3 is 2.35 bits per heavy atom. The molecule has 0 fully saturated rings. The van der Waals surface area contributed by atoms with E-state index in [1.54, 1.807) is 6.20 Å². The number of imidazole rings is 1. The van der Waals surface area contributed by atoms with E-state index in [0.717, 1.165) is 57.0 Å². The molecule has 0 N–H and O–H groups in total. The van der Waals surface area contributed by atoms with Crippen LogP contribution in [0.2, 0.25) is 17.3 Å². The van der Waals surface area contributed by atoms with Gasteiger partial charge in [-0.25, -0.2) is 4.98 Å². The molecule has 0 saturated carbocycles. The fourth-order valence-electron chi connectivity index (χ4n) is 7.22. The van der Waals surface area contributed by atoms with Gasteiger partial charge in [0.25, 0.3) is 0 Å². The van der Waals surface area contributed by atoms with Crippen molar-refractivity contribution in [2.24, 2.45) is 5.92 Å². The van der Waals surface area contributed by atoms with Crippen molar-refractivity contribution >= 4 is 50.8 Å². The molecule has 4 heterocycles. The van der Waals surface area contributed by atoms with Crippen LogP contribution in [0, 0.1) is 51.5 Å². The molecule has 0 aliphatic carbocycles. The van der Waals surface area contributed by atoms with Crippen molar-refractivity contribution in [2.45, 2.75) is 65.2 Å². The zero-order valence-corrected chi connectivity index (χ0v) is 36.3. The van der Waals surface area contributed by atoms with Crippen LogP contribution in [0.15, 0.2) is 95.7 Å². The van der Waals surface area contributed by atoms with Crippen molar-refractivity contribution in [2.75, 3.05) is 0 Å². The number of para-hydroxylation sites is 2. The number of pyridine rings is 2. The van der Waals surface area contributed by atoms with Gasteiger partial charge in [0.15, 0.2) is 0 Å². The van der Waals surface area contributed by atoms with Gasteiger partial charge in [-0.3, -0.25) is 4.98 Å². The fourth-order valence-corrected chi connectivity index (χ4v) is 10.6. The number of furan rings is 1. The van der Waals surface area contributed by atoms with Crippen LogP contribution >= 0.6 is 0 Å². The predicted octanol–water partition coefficient (Wildman–Crippen LogP) is 11.4. The number of halogens is 1. The Kier molecular flexibility index (Phi) is 10.3. The Bertz CT molecular complexity index is 2730. The van der Waals surface area contributed by atoms with Gasteiger partial charge in [0.05, 0.1) is 22.4 Å². The topological polar surface area (TPSA) is 56.7 Å². The van der Waals surface area contributed by atoms with Crippen LogP contribution in [-0.2, 0) is 26.5 Å². The minimum Gasteiger partial charge on any atom is 0 e. The summed E-state index contributed by atoms with van der Waals surface area (Å²) < 4.78 is 46.3. The number of hydrogen-bond acceptors (Lipinski definition) is 4. The predicted molar refractivity (Wildman–Crippen MR) is 219 cm³/mol. The first-order chi connectivity index (χ1) is 26.5. The number of aromatic nitrogens is 4. The van der Waals surface area contributed by atoms with Crippen molar-refractivity contribution in [1.82, 2.24) is 19.5 Å². The monoisotopic (exact) mass is 958 g/mol. The molecule has 0 unspecified atom stereocenters. The van der Waals surface area contributed by atoms with Crippen LogP contribution in [0.3, 0.4) is 0 Å². The van der Waals surface area contributed by atoms with Gasteiger partial charge >= 0.3 is 140 Å². The minimum absolute atomic E-state index is 0. The summed E-state index contributed by atoms with van der Waals surface area (Å²) in [5, 5.41) is 2.01. The minimum atomic E-state index is -2.34. The number of benzene rings is 4. The molecule has 0 atom stereocenters. The smallest absolute Gasteiger partial charge is 0 e. The Morgan fingerprint density at radius 1 is 0.889 bits per heavy atom. The van der Waals surface area contributed by atoms with Crippen LogP contribution in [0.1, 0.15) is 45.8 Å². The molecule has 0 saturated heterocycles. The van der Waals surface area contributed by atoms with Gasteiger partial charge in [-0.15, -0.1) is 17.7 Å². The van der Waals surface area contributed by atoms with Crippen LogP contribution in [0.25, 0.3) is 61.4 Å². The van der Waals surface area contributed by atoms with E-state index in [9.17, 15) is 4.39 Å². The molecule has 54 heavy (non-hydrogen) atoms. The average molecular weight is 957 g/mol. The maximum absolute atomic E-state index is 14.5. The molecule has 8 heteroatoms. The molecule has 0 spiro atoms. The number of hydrogen-bond donors (Lipinski definition) is 0. The van der Waals surface area contributed by atoms with Gasteiger partial charge in [-0.2, -0.15) is 0 Å². The molecule has 1 radical (unpaired) electrons. The molecule has 5 nitrogen and oxygen atoms in total. The molecular weight excluding hydrogens is 908 g/mol. The normalized spacial score (nSPS) is 12.7. The van der Waals surface area contributed by atoms with Crippen LogP contribution < -0.4 is 4.40 Å². The van der Waals surface area contributed by atoms with Gasteiger partial charge < -0.3 is 8.98 Å². The van der Waals surface area contributed by atoms with E-state index in [-0.39, 0.29) is 31.2 Å². The van der Waals surface area contributed by atoms with Gasteiger partial charge in [0, 0.05) is 37.4 Å². The Labute approximate surface area is 338 Å². The molecule has 4 aromatic heterocycles. The molecule has 0 amide bonds. The first kappa shape index (κ1) is 35.3. The first-order valence-electron chi connectivity index (χ1n) is 19.5. The summed E-state index contributed by atoms with van der Waals surface area (Å²) in [5.41, 5.74) is 11.1. The molecular formula is C46H45FGeIrN4O-2. The second-order valence-electron chi connectivity index (χ2n) is 15.3. The SMILES string of the molecule is Cc1cc(C)c(-n2c(-c3[c-]cc4c(c3)oc3ncccc34)nc3ccccc32)c(C)c1.[2H]C([2H])([2H])c1c[c-]c(-c2cc(CC(C)C)[c]([Ge]([CH3])([CH3])[CH3])cn2)c(F)c1.[Ir]. The Hall–Kier alpha value is -4.43. The number of rotatable bonds is 6. The molecule has 0 aliphatic rings. The largest absolute Gasteiger partial charge is 0 e. The molecule has 8 rings (SSSR count). The summed E-state index contributed by atoms with van der Waals surface area (Å²) >= 11 is -2.08. The molecule has 4 aromatic carbocycles. The zero-order chi connectivity index (χ0) is 40.1. The van der Waals surface area contributed by atoms with Gasteiger partial charge in [-0.05, 0) is 50.1 Å². The molecule has 0 bridgehead atoms. The molecule has 0 aliphatic heterocycles. The maximum atomic E-state index is 14.5. The van der Waals surface area contributed by atoms with Crippen LogP contribution in [-0.4, -0.2) is 32.8 Å². The summed E-state index contributed by atoms with van der Waals surface area (Å²) in [4.78, 5) is 13.8. The summed E-state index contributed by atoms with van der Waals surface area (Å²) in [6.45, 7) is 8.44. The number of nitrogens with zero attached hydrogens (tertiary/aromatic N) is 4. The van der Waals surface area contributed by atoms with E-state index in [4.69, 9.17) is 13.5 Å². The van der Waals surface area contributed by atoms with Crippen LogP contribution in [0.5, 0.6) is 0 Å². The van der Waals surface area contributed by atoms with E-state index in [2.05, 4.69) is 109 Å². The standard InChI is InChI=1S/C27H20N3O.C19H25FGeN.Ir/c1-16-13-17(2)25(18(3)14-16)30-23-9-5-4-8-22(23)29-26(30)19-10-11-20-21-7-6-12-28-27(21)31-24(20)15-19;1-13(2)9-15-11-19(22-12-18(15)21(4,5)6)16-8-7-14(3)10-17(16)20;/h4-9,11-15H,1-3H3;7,10-13H,9H2,1-6H3;/q2*-1;/i;3D3;. The van der Waals surface area contributed by atoms with Gasteiger partial charge in [0.2, 0.25) is 5.71 Å². The van der Waals surface area contributed by atoms with Crippen molar-refractivity contribution in [1.29, 1.82) is 0 Å². The van der Waals surface area contributed by atoms with Crippen molar-refractivity contribution < 1.29 is 33.0 Å². The van der Waals surface area contributed by atoms with E-state index in [1.165, 1.54) is 32.7 Å². The van der Waals surface area contributed by atoms with E-state index >= 15 is 0 Å². The first-order valence-corrected chi connectivity index (χ1v) is 25.3. The molecule has 277 valence electrons. The Balaban J connectivity index is 0.000000195. The fraction of sp³-hybridized carbons (Fsp3) is 0.239. The summed E-state index contributed by atoms with van der Waals surface area (Å²) in [6.07, 6.45) is 4.55. The van der Waals surface area contributed by atoms with E-state index in [1.807, 2.05) is 42.6 Å².